The van der Waals surface area contributed by atoms with Crippen molar-refractivity contribution in [1.82, 2.24) is 14.7 Å². The fourth-order valence-corrected chi connectivity index (χ4v) is 4.11. The number of carbonyl (C=O) groups excluding carboxylic acids is 1. The highest BCUT2D eigenvalue weighted by atomic mass is 16.1. The summed E-state index contributed by atoms with van der Waals surface area (Å²) in [5.74, 6) is 0.346. The van der Waals surface area contributed by atoms with Crippen LogP contribution in [0, 0.1) is 5.92 Å². The molecule has 0 amide bonds. The van der Waals surface area contributed by atoms with E-state index in [9.17, 15) is 4.79 Å². The summed E-state index contributed by atoms with van der Waals surface area (Å²) in [6.07, 6.45) is 6.12. The minimum Gasteiger partial charge on any atom is -0.298 e. The minimum absolute atomic E-state index is 0.0754. The first-order valence-corrected chi connectivity index (χ1v) is 10.6. The number of hydrogen-bond donors (Lipinski definition) is 0. The number of aromatic nitrogens is 2. The second-order valence-electron chi connectivity index (χ2n) is 8.30. The van der Waals surface area contributed by atoms with Crippen LogP contribution in [0.1, 0.15) is 48.7 Å². The Labute approximate surface area is 173 Å². The van der Waals surface area contributed by atoms with E-state index in [0.29, 0.717) is 6.04 Å². The molecule has 150 valence electrons. The lowest BCUT2D eigenvalue weighted by Gasteiger charge is -2.31. The summed E-state index contributed by atoms with van der Waals surface area (Å²) in [4.78, 5) is 15.5. The van der Waals surface area contributed by atoms with Gasteiger partial charge in [-0.05, 0) is 44.4 Å². The van der Waals surface area contributed by atoms with Gasteiger partial charge < -0.3 is 0 Å². The zero-order valence-corrected chi connectivity index (χ0v) is 17.3. The maximum atomic E-state index is 13.1. The van der Waals surface area contributed by atoms with Crippen molar-refractivity contribution in [2.24, 2.45) is 5.92 Å². The van der Waals surface area contributed by atoms with E-state index in [1.54, 1.807) is 0 Å². The van der Waals surface area contributed by atoms with Gasteiger partial charge in [0, 0.05) is 42.4 Å². The van der Waals surface area contributed by atoms with E-state index in [0.717, 1.165) is 43.6 Å². The van der Waals surface area contributed by atoms with E-state index in [1.165, 1.54) is 11.1 Å². The molecule has 1 fully saturated rings. The highest BCUT2D eigenvalue weighted by Crippen LogP contribution is 2.25. The topological polar surface area (TPSA) is 38.1 Å². The molecule has 0 bridgehead atoms. The number of carbonyl (C=O) groups is 1. The number of ketones is 1. The molecule has 0 unspecified atom stereocenters. The van der Waals surface area contributed by atoms with Gasteiger partial charge >= 0.3 is 0 Å². The third-order valence-corrected chi connectivity index (χ3v) is 5.74. The molecule has 1 atom stereocenters. The Morgan fingerprint density at radius 3 is 2.48 bits per heavy atom. The van der Waals surface area contributed by atoms with Crippen molar-refractivity contribution < 1.29 is 4.79 Å². The molecule has 0 aliphatic carbocycles. The second kappa shape index (κ2) is 8.75. The molecule has 2 heterocycles. The molecule has 0 spiro atoms. The first-order valence-electron chi connectivity index (χ1n) is 10.6. The van der Waals surface area contributed by atoms with Gasteiger partial charge in [-0.25, -0.2) is 0 Å². The largest absolute Gasteiger partial charge is 0.298 e. The quantitative estimate of drug-likeness (QED) is 0.544. The van der Waals surface area contributed by atoms with Crippen molar-refractivity contribution in [2.75, 3.05) is 13.1 Å². The van der Waals surface area contributed by atoms with E-state index in [1.807, 2.05) is 41.2 Å². The number of rotatable bonds is 6. The number of likely N-dealkylation sites (tertiary alicyclic amines) is 1. The molecular formula is C25H29N3O. The number of benzene rings is 2. The van der Waals surface area contributed by atoms with E-state index in [4.69, 9.17) is 0 Å². The molecule has 1 aromatic heterocycles. The minimum atomic E-state index is 0.0754. The van der Waals surface area contributed by atoms with Crippen LogP contribution in [-0.2, 0) is 6.54 Å². The summed E-state index contributed by atoms with van der Waals surface area (Å²) in [6, 6.07) is 18.7. The predicted molar refractivity (Wildman–Crippen MR) is 117 cm³/mol. The average molecular weight is 388 g/mol. The van der Waals surface area contributed by atoms with Crippen LogP contribution in [0.2, 0.25) is 0 Å². The summed E-state index contributed by atoms with van der Waals surface area (Å²) in [7, 11) is 0. The van der Waals surface area contributed by atoms with Crippen molar-refractivity contribution in [3.8, 4) is 11.1 Å². The Balaban J connectivity index is 1.40. The van der Waals surface area contributed by atoms with E-state index in [-0.39, 0.29) is 11.7 Å². The fourth-order valence-electron chi connectivity index (χ4n) is 4.11. The number of Topliss-reactive ketones (excluding diaryl/α,β-unsaturated/α-hetero) is 1. The Morgan fingerprint density at radius 2 is 1.79 bits per heavy atom. The molecule has 29 heavy (non-hydrogen) atoms. The maximum absolute atomic E-state index is 13.1. The summed E-state index contributed by atoms with van der Waals surface area (Å²) in [6.45, 7) is 7.00. The zero-order chi connectivity index (χ0) is 20.2. The van der Waals surface area contributed by atoms with Crippen LogP contribution in [0.25, 0.3) is 11.1 Å². The van der Waals surface area contributed by atoms with Gasteiger partial charge in [0.1, 0.15) is 0 Å². The van der Waals surface area contributed by atoms with Crippen LogP contribution in [0.3, 0.4) is 0 Å². The van der Waals surface area contributed by atoms with Gasteiger partial charge in [-0.2, -0.15) is 5.10 Å². The van der Waals surface area contributed by atoms with Gasteiger partial charge in [-0.15, -0.1) is 0 Å². The Hall–Kier alpha value is -2.72. The van der Waals surface area contributed by atoms with Crippen molar-refractivity contribution in [2.45, 2.75) is 39.3 Å². The van der Waals surface area contributed by atoms with Crippen molar-refractivity contribution in [3.63, 3.8) is 0 Å². The van der Waals surface area contributed by atoms with Crippen LogP contribution in [0.4, 0.5) is 0 Å². The fraction of sp³-hybridized carbons (Fsp3) is 0.360. The average Bonchev–Trinajstić information content (AvgIpc) is 3.23. The Kier molecular flexibility index (Phi) is 5.91. The molecule has 1 aliphatic heterocycles. The summed E-state index contributed by atoms with van der Waals surface area (Å²) in [5, 5.41) is 4.44. The highest BCUT2D eigenvalue weighted by molar-refractivity contribution is 5.98. The second-order valence-corrected chi connectivity index (χ2v) is 8.30. The van der Waals surface area contributed by atoms with Gasteiger partial charge in [-0.3, -0.25) is 14.4 Å². The van der Waals surface area contributed by atoms with E-state index >= 15 is 0 Å². The van der Waals surface area contributed by atoms with Gasteiger partial charge in [0.05, 0.1) is 6.20 Å². The normalized spacial score (nSPS) is 17.6. The number of nitrogens with zero attached hydrogens (tertiary/aromatic N) is 3. The van der Waals surface area contributed by atoms with Crippen molar-refractivity contribution in [3.05, 3.63) is 78.1 Å². The lowest BCUT2D eigenvalue weighted by Crippen LogP contribution is -2.38. The summed E-state index contributed by atoms with van der Waals surface area (Å²) in [5.41, 5.74) is 4.37. The summed E-state index contributed by atoms with van der Waals surface area (Å²) < 4.78 is 2.00. The zero-order valence-electron chi connectivity index (χ0n) is 17.3. The number of piperidine rings is 1. The standard InChI is InChI=1S/C25H29N3O/c1-19(2)28-17-20(15-26-28)16-27-14-6-9-24(18-27)25(29)23-12-10-22(11-13-23)21-7-4-3-5-8-21/h3-5,7-8,10-13,15,17,19,24H,6,9,14,16,18H2,1-2H3/t24-/m1/s1. The molecule has 0 saturated carbocycles. The molecule has 4 heteroatoms. The number of hydrogen-bond acceptors (Lipinski definition) is 3. The molecule has 3 aromatic rings. The first kappa shape index (κ1) is 19.6. The highest BCUT2D eigenvalue weighted by Gasteiger charge is 2.26. The van der Waals surface area contributed by atoms with Crippen molar-refractivity contribution in [1.29, 1.82) is 0 Å². The van der Waals surface area contributed by atoms with Crippen LogP contribution in [-0.4, -0.2) is 33.6 Å². The SMILES string of the molecule is CC(C)n1cc(CN2CCC[C@@H](C(=O)c3ccc(-c4ccccc4)cc3)C2)cn1. The van der Waals surface area contributed by atoms with Crippen LogP contribution < -0.4 is 0 Å². The molecular weight excluding hydrogens is 358 g/mol. The third-order valence-electron chi connectivity index (χ3n) is 5.74. The Bertz CT molecular complexity index is 944. The third kappa shape index (κ3) is 4.65. The molecule has 4 nitrogen and oxygen atoms in total. The Morgan fingerprint density at radius 1 is 1.07 bits per heavy atom. The molecule has 0 radical (unpaired) electrons. The van der Waals surface area contributed by atoms with Crippen molar-refractivity contribution >= 4 is 5.78 Å². The van der Waals surface area contributed by atoms with Crippen LogP contribution in [0.15, 0.2) is 67.0 Å². The van der Waals surface area contributed by atoms with Gasteiger partial charge in [0.25, 0.3) is 0 Å². The molecule has 1 aliphatic rings. The lowest BCUT2D eigenvalue weighted by atomic mass is 9.89. The predicted octanol–water partition coefficient (Wildman–Crippen LogP) is 5.23. The van der Waals surface area contributed by atoms with Crippen LogP contribution >= 0.6 is 0 Å². The monoisotopic (exact) mass is 387 g/mol. The smallest absolute Gasteiger partial charge is 0.167 e. The first-order chi connectivity index (χ1) is 14.1. The molecule has 2 aromatic carbocycles. The van der Waals surface area contributed by atoms with Crippen LogP contribution in [0.5, 0.6) is 0 Å². The van der Waals surface area contributed by atoms with Gasteiger partial charge in [0.15, 0.2) is 5.78 Å². The molecule has 4 rings (SSSR count). The molecule has 0 N–H and O–H groups in total. The lowest BCUT2D eigenvalue weighted by molar-refractivity contribution is 0.0811. The van der Waals surface area contributed by atoms with Gasteiger partial charge in [-0.1, -0.05) is 54.6 Å². The molecule has 1 saturated heterocycles. The van der Waals surface area contributed by atoms with Gasteiger partial charge in [0.2, 0.25) is 0 Å². The van der Waals surface area contributed by atoms with E-state index in [2.05, 4.69) is 54.3 Å². The summed E-state index contributed by atoms with van der Waals surface area (Å²) >= 11 is 0. The maximum Gasteiger partial charge on any atom is 0.167 e. The van der Waals surface area contributed by atoms with E-state index < -0.39 is 0 Å².